The number of hydrogen-bond donors (Lipinski definition) is 0. The molecule has 1 fully saturated rings. The molecule has 0 saturated carbocycles. The van der Waals surface area contributed by atoms with Gasteiger partial charge < -0.3 is 23.8 Å². The van der Waals surface area contributed by atoms with Gasteiger partial charge in [0.2, 0.25) is 0 Å². The van der Waals surface area contributed by atoms with Gasteiger partial charge in [-0.3, -0.25) is 14.4 Å². The summed E-state index contributed by atoms with van der Waals surface area (Å²) in [5, 5.41) is 1.14. The number of ether oxygens (including phenoxy) is 2. The van der Waals surface area contributed by atoms with Gasteiger partial charge in [0.15, 0.2) is 5.82 Å². The number of aromatic nitrogens is 2. The molecule has 0 aliphatic carbocycles. The number of likely N-dealkylation sites (tertiary alicyclic amines) is 1. The second-order valence-corrected chi connectivity index (χ2v) is 12.3. The summed E-state index contributed by atoms with van der Waals surface area (Å²) in [5.74, 6) is -1.39. The van der Waals surface area contributed by atoms with Crippen molar-refractivity contribution in [2.45, 2.75) is 72.1 Å². The van der Waals surface area contributed by atoms with Crippen LogP contribution in [0.2, 0.25) is 0 Å². The Kier molecular flexibility index (Phi) is 11.3. The van der Waals surface area contributed by atoms with Crippen molar-refractivity contribution in [3.05, 3.63) is 29.8 Å². The minimum absolute atomic E-state index is 0.0821. The first kappa shape index (κ1) is 33.3. The molecule has 1 saturated heterocycles. The Morgan fingerprint density at radius 1 is 1.14 bits per heavy atom. The summed E-state index contributed by atoms with van der Waals surface area (Å²) in [6, 6.07) is 3.79. The number of amides is 3. The van der Waals surface area contributed by atoms with Crippen LogP contribution in [0.4, 0.5) is 9.18 Å². The molecule has 2 heterocycles. The Morgan fingerprint density at radius 3 is 2.48 bits per heavy atom. The van der Waals surface area contributed by atoms with Gasteiger partial charge >= 0.3 is 6.09 Å². The van der Waals surface area contributed by atoms with E-state index in [-0.39, 0.29) is 36.6 Å². The third kappa shape index (κ3) is 8.41. The van der Waals surface area contributed by atoms with Gasteiger partial charge in [0.05, 0.1) is 30.1 Å². The summed E-state index contributed by atoms with van der Waals surface area (Å²) in [6.07, 6.45) is 1.24. The molecule has 2 aromatic rings. The number of halogens is 1. The second kappa shape index (κ2) is 14.3. The molecular formula is C30H46FN5O6. The number of hydroxylamine groups is 2. The van der Waals surface area contributed by atoms with Crippen LogP contribution >= 0.6 is 0 Å². The van der Waals surface area contributed by atoms with Crippen LogP contribution in [0.25, 0.3) is 11.0 Å². The van der Waals surface area contributed by atoms with Gasteiger partial charge in [0, 0.05) is 46.9 Å². The Morgan fingerprint density at radius 2 is 1.86 bits per heavy atom. The zero-order valence-corrected chi connectivity index (χ0v) is 26.2. The molecule has 3 amide bonds. The lowest BCUT2D eigenvalue weighted by Crippen LogP contribution is -2.58. The predicted molar refractivity (Wildman–Crippen MR) is 156 cm³/mol. The fourth-order valence-corrected chi connectivity index (χ4v) is 5.22. The van der Waals surface area contributed by atoms with E-state index in [1.54, 1.807) is 43.4 Å². The Balaban J connectivity index is 2.03. The molecule has 1 aromatic carbocycles. The maximum Gasteiger partial charge on any atom is 0.410 e. The van der Waals surface area contributed by atoms with E-state index in [0.717, 1.165) is 11.5 Å². The average molecular weight is 592 g/mol. The van der Waals surface area contributed by atoms with Gasteiger partial charge in [0.1, 0.15) is 11.4 Å². The maximum absolute atomic E-state index is 14.4. The van der Waals surface area contributed by atoms with E-state index >= 15 is 0 Å². The number of nitrogens with zero attached hydrogens (tertiary/aromatic N) is 5. The standard InChI is InChI=1S/C30H46FN5O6/c1-20(2)17-36(23-15-21(27(37)33(6)41-8)18-34(19-23)29(39)42-30(3,4)5)28(38)26-32-24-12-11-22(31)16-25(24)35(26)13-9-10-14-40-7/h11-12,16,20-21,23H,9-10,13-15,17-19H2,1-8H3/t21-,23+/m1/s1. The first-order chi connectivity index (χ1) is 19.7. The van der Waals surface area contributed by atoms with E-state index in [4.69, 9.17) is 14.3 Å². The third-order valence-corrected chi connectivity index (χ3v) is 7.16. The van der Waals surface area contributed by atoms with E-state index in [0.29, 0.717) is 43.6 Å². The smallest absolute Gasteiger partial charge is 0.410 e. The molecule has 0 radical (unpaired) electrons. The highest BCUT2D eigenvalue weighted by Gasteiger charge is 2.41. The van der Waals surface area contributed by atoms with Crippen LogP contribution in [0.1, 0.15) is 64.5 Å². The van der Waals surface area contributed by atoms with Crippen LogP contribution in [-0.4, -0.2) is 101 Å². The highest BCUT2D eigenvalue weighted by Crippen LogP contribution is 2.28. The summed E-state index contributed by atoms with van der Waals surface area (Å²) in [4.78, 5) is 53.8. The minimum atomic E-state index is -0.733. The van der Waals surface area contributed by atoms with Crippen molar-refractivity contribution >= 4 is 28.9 Å². The quantitative estimate of drug-likeness (QED) is 0.283. The number of carbonyl (C=O) groups is 3. The van der Waals surface area contributed by atoms with Crippen molar-refractivity contribution in [3.8, 4) is 0 Å². The van der Waals surface area contributed by atoms with Crippen molar-refractivity contribution in [2.24, 2.45) is 11.8 Å². The largest absolute Gasteiger partial charge is 0.444 e. The molecule has 11 nitrogen and oxygen atoms in total. The van der Waals surface area contributed by atoms with Crippen LogP contribution < -0.4 is 0 Å². The summed E-state index contributed by atoms with van der Waals surface area (Å²) in [6.45, 7) is 11.1. The molecule has 0 spiro atoms. The molecule has 0 bridgehead atoms. The van der Waals surface area contributed by atoms with Gasteiger partial charge in [-0.05, 0) is 64.2 Å². The van der Waals surface area contributed by atoms with Crippen LogP contribution in [0.5, 0.6) is 0 Å². The molecule has 0 unspecified atom stereocenters. The number of aryl methyl sites for hydroxylation is 1. The SMILES string of the molecule is COCCCCn1c(C(=O)N(CC(C)C)[C@H]2C[C@@H](C(=O)N(C)OC)CN(C(=O)OC(C)(C)C)C2)nc2ccc(F)cc21. The molecule has 12 heteroatoms. The summed E-state index contributed by atoms with van der Waals surface area (Å²) in [5.41, 5.74) is 0.322. The fraction of sp³-hybridized carbons (Fsp3) is 0.667. The lowest BCUT2D eigenvalue weighted by Gasteiger charge is -2.43. The van der Waals surface area contributed by atoms with E-state index < -0.39 is 29.5 Å². The number of carbonyl (C=O) groups excluding carboxylic acids is 3. The van der Waals surface area contributed by atoms with Crippen molar-refractivity contribution < 1.29 is 33.1 Å². The minimum Gasteiger partial charge on any atom is -0.444 e. The second-order valence-electron chi connectivity index (χ2n) is 12.3. The van der Waals surface area contributed by atoms with Crippen molar-refractivity contribution in [1.29, 1.82) is 0 Å². The number of hydrogen-bond acceptors (Lipinski definition) is 7. The molecule has 1 aliphatic heterocycles. The van der Waals surface area contributed by atoms with Gasteiger partial charge in [-0.25, -0.2) is 19.2 Å². The molecule has 3 rings (SSSR count). The molecule has 234 valence electrons. The fourth-order valence-electron chi connectivity index (χ4n) is 5.22. The number of unbranched alkanes of at least 4 members (excludes halogenated alkanes) is 1. The van der Waals surface area contributed by atoms with E-state index in [1.165, 1.54) is 31.2 Å². The zero-order chi connectivity index (χ0) is 31.2. The lowest BCUT2D eigenvalue weighted by atomic mass is 9.91. The number of piperidine rings is 1. The highest BCUT2D eigenvalue weighted by molar-refractivity contribution is 5.95. The van der Waals surface area contributed by atoms with Crippen molar-refractivity contribution in [3.63, 3.8) is 0 Å². The van der Waals surface area contributed by atoms with Crippen molar-refractivity contribution in [1.82, 2.24) is 24.4 Å². The number of rotatable bonds is 11. The number of benzene rings is 1. The van der Waals surface area contributed by atoms with Crippen LogP contribution in [0, 0.1) is 17.7 Å². The summed E-state index contributed by atoms with van der Waals surface area (Å²) < 4.78 is 26.9. The first-order valence-electron chi connectivity index (χ1n) is 14.5. The monoisotopic (exact) mass is 591 g/mol. The first-order valence-corrected chi connectivity index (χ1v) is 14.5. The molecule has 0 N–H and O–H groups in total. The summed E-state index contributed by atoms with van der Waals surface area (Å²) in [7, 11) is 4.55. The predicted octanol–water partition coefficient (Wildman–Crippen LogP) is 4.35. The molecule has 1 aliphatic rings. The topological polar surface area (TPSA) is 106 Å². The average Bonchev–Trinajstić information content (AvgIpc) is 3.28. The van der Waals surface area contributed by atoms with E-state index in [1.807, 2.05) is 13.8 Å². The Hall–Kier alpha value is -3.25. The normalized spacial score (nSPS) is 17.5. The Labute approximate surface area is 247 Å². The number of imidazole rings is 1. The van der Waals surface area contributed by atoms with Gasteiger partial charge in [-0.2, -0.15) is 0 Å². The molecule has 42 heavy (non-hydrogen) atoms. The van der Waals surface area contributed by atoms with Crippen LogP contribution in [0.15, 0.2) is 18.2 Å². The maximum atomic E-state index is 14.4. The van der Waals surface area contributed by atoms with Gasteiger partial charge in [0.25, 0.3) is 11.8 Å². The van der Waals surface area contributed by atoms with E-state index in [2.05, 4.69) is 4.98 Å². The van der Waals surface area contributed by atoms with Crippen LogP contribution in [-0.2, 0) is 25.7 Å². The number of fused-ring (bicyclic) bond motifs is 1. The summed E-state index contributed by atoms with van der Waals surface area (Å²) >= 11 is 0. The zero-order valence-electron chi connectivity index (χ0n) is 26.2. The molecule has 2 atom stereocenters. The molecular weight excluding hydrogens is 545 g/mol. The van der Waals surface area contributed by atoms with Gasteiger partial charge in [-0.15, -0.1) is 0 Å². The lowest BCUT2D eigenvalue weighted by molar-refractivity contribution is -0.175. The third-order valence-electron chi connectivity index (χ3n) is 7.16. The highest BCUT2D eigenvalue weighted by atomic mass is 19.1. The van der Waals surface area contributed by atoms with E-state index in [9.17, 15) is 18.8 Å². The van der Waals surface area contributed by atoms with Gasteiger partial charge in [-0.1, -0.05) is 13.8 Å². The van der Waals surface area contributed by atoms with Crippen molar-refractivity contribution in [2.75, 3.05) is 47.5 Å². The number of methoxy groups -OCH3 is 1. The Bertz CT molecular complexity index is 1240. The molecule has 1 aromatic heterocycles. The van der Waals surface area contributed by atoms with Crippen LogP contribution in [0.3, 0.4) is 0 Å².